The van der Waals surface area contributed by atoms with Gasteiger partial charge in [0, 0.05) is 11.4 Å². The molecule has 0 aliphatic heterocycles. The number of carbonyl (C=O) groups is 1. The molecule has 26 heavy (non-hydrogen) atoms. The maximum Gasteiger partial charge on any atom is 0.291 e. The molecule has 3 heterocycles. The molecule has 138 valence electrons. The van der Waals surface area contributed by atoms with E-state index in [1.165, 1.54) is 16.9 Å². The Morgan fingerprint density at radius 3 is 3.23 bits per heavy atom. The molecule has 1 atom stereocenters. The van der Waals surface area contributed by atoms with Gasteiger partial charge in [0.25, 0.3) is 5.91 Å². The van der Waals surface area contributed by atoms with E-state index >= 15 is 0 Å². The van der Waals surface area contributed by atoms with Crippen molar-refractivity contribution >= 4 is 33.1 Å². The Hall–Kier alpha value is -2.10. The molecule has 0 radical (unpaired) electrons. The number of carbonyl (C=O) groups excluding carboxylic acids is 1. The predicted molar refractivity (Wildman–Crippen MR) is 97.8 cm³/mol. The minimum absolute atomic E-state index is 0.0334. The summed E-state index contributed by atoms with van der Waals surface area (Å²) in [6.45, 7) is 3.14. The second kappa shape index (κ2) is 7.26. The molecule has 0 spiro atoms. The summed E-state index contributed by atoms with van der Waals surface area (Å²) >= 11 is 1.73. The van der Waals surface area contributed by atoms with Crippen LogP contribution in [0, 0.1) is 0 Å². The average molecular weight is 375 g/mol. The molecule has 0 fully saturated rings. The molecule has 0 bridgehead atoms. The number of rotatable bonds is 6. The van der Waals surface area contributed by atoms with Crippen LogP contribution in [-0.4, -0.2) is 57.0 Å². The lowest BCUT2D eigenvalue weighted by Gasteiger charge is -2.18. The highest BCUT2D eigenvalue weighted by Crippen LogP contribution is 2.42. The summed E-state index contributed by atoms with van der Waals surface area (Å²) in [5.41, 5.74) is 2.02. The molecule has 0 saturated heterocycles. The molecule has 1 aliphatic rings. The number of nitrogens with zero attached hydrogens (tertiary/aromatic N) is 4. The summed E-state index contributed by atoms with van der Waals surface area (Å²) < 4.78 is 6.72. The Bertz CT molecular complexity index is 951. The maximum atomic E-state index is 12.3. The number of ether oxygens (including phenoxy) is 1. The van der Waals surface area contributed by atoms with Crippen molar-refractivity contribution in [1.82, 2.24) is 24.9 Å². The first-order valence-electron chi connectivity index (χ1n) is 8.82. The van der Waals surface area contributed by atoms with Gasteiger partial charge in [0.15, 0.2) is 5.65 Å². The Kier molecular flexibility index (Phi) is 4.84. The van der Waals surface area contributed by atoms with E-state index in [-0.39, 0.29) is 24.9 Å². The topological polar surface area (TPSA) is 102 Å². The van der Waals surface area contributed by atoms with Crippen LogP contribution in [0.3, 0.4) is 0 Å². The van der Waals surface area contributed by atoms with E-state index in [0.29, 0.717) is 24.7 Å². The van der Waals surface area contributed by atoms with Crippen molar-refractivity contribution in [3.63, 3.8) is 0 Å². The van der Waals surface area contributed by atoms with E-state index in [4.69, 9.17) is 9.84 Å². The fraction of sp³-hybridized carbons (Fsp3) is 0.529. The van der Waals surface area contributed by atoms with Crippen molar-refractivity contribution in [2.45, 2.75) is 32.1 Å². The number of hydrogen-bond acceptors (Lipinski definition) is 7. The maximum absolute atomic E-state index is 12.3. The minimum Gasteiger partial charge on any atom is -0.394 e. The number of nitrogens with one attached hydrogen (secondary N) is 1. The Morgan fingerprint density at radius 1 is 1.50 bits per heavy atom. The summed E-state index contributed by atoms with van der Waals surface area (Å²) in [5.74, 6) is 0.259. The van der Waals surface area contributed by atoms with Gasteiger partial charge < -0.3 is 15.2 Å². The highest BCUT2D eigenvalue weighted by atomic mass is 32.1. The van der Waals surface area contributed by atoms with Crippen molar-refractivity contribution in [3.05, 3.63) is 22.6 Å². The molecule has 0 aromatic carbocycles. The first-order valence-corrected chi connectivity index (χ1v) is 9.64. The van der Waals surface area contributed by atoms with Gasteiger partial charge in [0.05, 0.1) is 25.2 Å². The lowest BCUT2D eigenvalue weighted by molar-refractivity contribution is 0.0832. The summed E-state index contributed by atoms with van der Waals surface area (Å²) in [5, 5.41) is 16.7. The van der Waals surface area contributed by atoms with Gasteiger partial charge in [-0.05, 0) is 30.7 Å². The normalized spacial score (nSPS) is 16.9. The number of aromatic nitrogens is 4. The number of thiophene rings is 1. The smallest absolute Gasteiger partial charge is 0.291 e. The standard InChI is InChI=1S/C17H21N5O3S/c1-10-3-2-4-11-12(10)13-15-20-14(16(24)18-5-7-25-8-6-23)21-22(15)9-19-17(13)26-11/h9-10,23H,2-8H2,1H3,(H,18,24)/t10-/m0/s1. The lowest BCUT2D eigenvalue weighted by Crippen LogP contribution is -2.28. The fourth-order valence-corrected chi connectivity index (χ4v) is 4.76. The van der Waals surface area contributed by atoms with E-state index in [2.05, 4.69) is 27.3 Å². The van der Waals surface area contributed by atoms with Crippen molar-refractivity contribution in [1.29, 1.82) is 0 Å². The quantitative estimate of drug-likeness (QED) is 0.634. The number of amides is 1. The molecule has 2 N–H and O–H groups in total. The van der Waals surface area contributed by atoms with Crippen LogP contribution in [0.1, 0.15) is 46.7 Å². The fourth-order valence-electron chi connectivity index (χ4n) is 3.46. The van der Waals surface area contributed by atoms with E-state index in [0.717, 1.165) is 23.1 Å². The van der Waals surface area contributed by atoms with Gasteiger partial charge in [-0.15, -0.1) is 16.4 Å². The van der Waals surface area contributed by atoms with Gasteiger partial charge >= 0.3 is 0 Å². The Labute approximate surface area is 154 Å². The molecule has 0 saturated carbocycles. The van der Waals surface area contributed by atoms with Gasteiger partial charge in [0.1, 0.15) is 11.2 Å². The van der Waals surface area contributed by atoms with E-state index in [1.807, 2.05) is 0 Å². The zero-order valence-corrected chi connectivity index (χ0v) is 15.4. The Balaban J connectivity index is 1.63. The third kappa shape index (κ3) is 3.06. The zero-order chi connectivity index (χ0) is 18.1. The first kappa shape index (κ1) is 17.3. The van der Waals surface area contributed by atoms with Crippen LogP contribution in [0.2, 0.25) is 0 Å². The van der Waals surface area contributed by atoms with Crippen LogP contribution in [0.15, 0.2) is 6.33 Å². The first-order chi connectivity index (χ1) is 12.7. The van der Waals surface area contributed by atoms with E-state index in [9.17, 15) is 4.79 Å². The lowest BCUT2D eigenvalue weighted by atomic mass is 9.87. The molecule has 9 heteroatoms. The Morgan fingerprint density at radius 2 is 2.38 bits per heavy atom. The molecular formula is C17H21N5O3S. The summed E-state index contributed by atoms with van der Waals surface area (Å²) in [6, 6.07) is 0. The van der Waals surface area contributed by atoms with Crippen LogP contribution in [0.4, 0.5) is 0 Å². The average Bonchev–Trinajstić information content (AvgIpc) is 3.22. The third-order valence-electron chi connectivity index (χ3n) is 4.65. The van der Waals surface area contributed by atoms with Crippen molar-refractivity contribution < 1.29 is 14.6 Å². The molecule has 1 amide bonds. The molecule has 4 rings (SSSR count). The largest absolute Gasteiger partial charge is 0.394 e. The number of aryl methyl sites for hydroxylation is 1. The predicted octanol–water partition coefficient (Wildman–Crippen LogP) is 1.52. The van der Waals surface area contributed by atoms with Crippen LogP contribution >= 0.6 is 11.3 Å². The van der Waals surface area contributed by atoms with Crippen LogP contribution < -0.4 is 5.32 Å². The van der Waals surface area contributed by atoms with Gasteiger partial charge in [-0.3, -0.25) is 4.79 Å². The highest BCUT2D eigenvalue weighted by Gasteiger charge is 2.25. The third-order valence-corrected chi connectivity index (χ3v) is 5.82. The molecule has 0 unspecified atom stereocenters. The van der Waals surface area contributed by atoms with E-state index in [1.54, 1.807) is 22.2 Å². The summed E-state index contributed by atoms with van der Waals surface area (Å²) in [7, 11) is 0. The van der Waals surface area contributed by atoms with Crippen molar-refractivity contribution in [3.8, 4) is 0 Å². The zero-order valence-electron chi connectivity index (χ0n) is 14.6. The second-order valence-corrected chi connectivity index (χ2v) is 7.54. The van der Waals surface area contributed by atoms with E-state index < -0.39 is 0 Å². The number of hydrogen-bond donors (Lipinski definition) is 2. The molecule has 1 aliphatic carbocycles. The molecular weight excluding hydrogens is 354 g/mol. The van der Waals surface area contributed by atoms with Crippen LogP contribution in [0.5, 0.6) is 0 Å². The molecule has 3 aromatic heterocycles. The van der Waals surface area contributed by atoms with Crippen LogP contribution in [0.25, 0.3) is 15.9 Å². The number of aliphatic hydroxyl groups is 1. The van der Waals surface area contributed by atoms with Crippen molar-refractivity contribution in [2.75, 3.05) is 26.4 Å². The van der Waals surface area contributed by atoms with Crippen molar-refractivity contribution in [2.24, 2.45) is 0 Å². The van der Waals surface area contributed by atoms with Gasteiger partial charge in [-0.1, -0.05) is 6.92 Å². The highest BCUT2D eigenvalue weighted by molar-refractivity contribution is 7.19. The van der Waals surface area contributed by atoms with Crippen LogP contribution in [-0.2, 0) is 11.2 Å². The monoisotopic (exact) mass is 375 g/mol. The van der Waals surface area contributed by atoms with Gasteiger partial charge in [0.2, 0.25) is 5.82 Å². The van der Waals surface area contributed by atoms with Gasteiger partial charge in [-0.2, -0.15) is 0 Å². The second-order valence-electron chi connectivity index (χ2n) is 6.45. The SMILES string of the molecule is C[C@H]1CCCc2sc3ncn4nc(C(=O)NCCOCCO)nc4c3c21. The number of fused-ring (bicyclic) bond motifs is 5. The minimum atomic E-state index is -0.341. The van der Waals surface area contributed by atoms with Gasteiger partial charge in [-0.25, -0.2) is 14.5 Å². The summed E-state index contributed by atoms with van der Waals surface area (Å²) in [4.78, 5) is 23.7. The summed E-state index contributed by atoms with van der Waals surface area (Å²) in [6.07, 6.45) is 5.08. The molecule has 3 aromatic rings. The number of aliphatic hydroxyl groups excluding tert-OH is 1. The molecule has 8 nitrogen and oxygen atoms in total.